The van der Waals surface area contributed by atoms with Gasteiger partial charge in [-0.25, -0.2) is 0 Å². The normalized spacial score (nSPS) is 36.1. The summed E-state index contributed by atoms with van der Waals surface area (Å²) in [7, 11) is 2.72. The zero-order chi connectivity index (χ0) is 30.9. The molecule has 1 aromatic carbocycles. The smallest absolute Gasteiger partial charge is 0.315 e. The first-order chi connectivity index (χ1) is 20.4. The molecule has 0 N–H and O–H groups in total. The van der Waals surface area contributed by atoms with Crippen LogP contribution >= 0.6 is 0 Å². The lowest BCUT2D eigenvalue weighted by atomic mass is 9.42. The number of hydrogen-bond donors (Lipinski definition) is 0. The van der Waals surface area contributed by atoms with Crippen LogP contribution < -0.4 is 0 Å². The summed E-state index contributed by atoms with van der Waals surface area (Å²) in [5.41, 5.74) is 2.03. The van der Waals surface area contributed by atoms with E-state index >= 15 is 0 Å². The molecule has 0 bridgehead atoms. The van der Waals surface area contributed by atoms with E-state index < -0.39 is 40.0 Å². The van der Waals surface area contributed by atoms with Crippen LogP contribution in [0.25, 0.3) is 11.3 Å². The number of ether oxygens (including phenoxy) is 3. The standard InChI is InChI=1S/C35H38O8/c1-19-23(22-12-14-42-31(22)21-9-7-20(18-36)8-10-21)15-24-30(19)35(4)26(17-29(38)40-5)34(3)25(16-28(35)43-24)33(2,32(39)41-6)13-11-27(34)37/h7-14,18,23-26,28H,15-17H2,1-6H3/t23-,24?,25+,26-,28?,33-,34+,35+/m1/s1. The average molecular weight is 587 g/mol. The van der Waals surface area contributed by atoms with E-state index in [1.54, 1.807) is 24.5 Å². The fraction of sp³-hybridized carbons (Fsp3) is 0.486. The van der Waals surface area contributed by atoms with Gasteiger partial charge in [0.15, 0.2) is 5.78 Å². The highest BCUT2D eigenvalue weighted by molar-refractivity contribution is 5.99. The van der Waals surface area contributed by atoms with Gasteiger partial charge in [-0.15, -0.1) is 0 Å². The first kappa shape index (κ1) is 29.3. The molecular formula is C35H38O8. The SMILES string of the molecule is COC(=O)C[C@@H]1[C@@]2(C)C(=O)C=C[C@@](C)(C(=O)OC)[C@@H]2CC2OC3C[C@@H](c4ccoc4-c4ccc(C=O)cc4)C(C)=C3[C@]21C. The summed E-state index contributed by atoms with van der Waals surface area (Å²) in [6.45, 7) is 7.98. The Morgan fingerprint density at radius 3 is 2.40 bits per heavy atom. The van der Waals surface area contributed by atoms with Gasteiger partial charge >= 0.3 is 11.9 Å². The average Bonchev–Trinajstić information content (AvgIpc) is 3.69. The summed E-state index contributed by atoms with van der Waals surface area (Å²) in [6.07, 6.45) is 6.34. The van der Waals surface area contributed by atoms with Crippen LogP contribution in [0.1, 0.15) is 68.8 Å². The Morgan fingerprint density at radius 2 is 1.74 bits per heavy atom. The van der Waals surface area contributed by atoms with Crippen LogP contribution in [-0.4, -0.2) is 50.4 Å². The van der Waals surface area contributed by atoms with E-state index in [0.717, 1.165) is 34.3 Å². The van der Waals surface area contributed by atoms with Crippen molar-refractivity contribution in [3.63, 3.8) is 0 Å². The molecule has 2 heterocycles. The highest BCUT2D eigenvalue weighted by atomic mass is 16.5. The van der Waals surface area contributed by atoms with Crippen molar-refractivity contribution in [2.75, 3.05) is 14.2 Å². The molecule has 2 unspecified atom stereocenters. The van der Waals surface area contributed by atoms with Crippen LogP contribution in [0, 0.1) is 28.1 Å². The maximum atomic E-state index is 13.9. The van der Waals surface area contributed by atoms with Gasteiger partial charge in [-0.3, -0.25) is 19.2 Å². The molecule has 1 saturated carbocycles. The molecule has 3 aliphatic carbocycles. The Kier molecular flexibility index (Phi) is 6.92. The summed E-state index contributed by atoms with van der Waals surface area (Å²) in [6, 6.07) is 9.29. The molecule has 8 atom stereocenters. The number of carbonyl (C=O) groups excluding carboxylic acids is 4. The Hall–Kier alpha value is -3.78. The molecular weight excluding hydrogens is 548 g/mol. The van der Waals surface area contributed by atoms with Crippen LogP contribution in [-0.2, 0) is 28.6 Å². The molecule has 1 aromatic heterocycles. The number of aldehydes is 1. The van der Waals surface area contributed by atoms with Crippen molar-refractivity contribution in [1.29, 1.82) is 0 Å². The molecule has 0 spiro atoms. The second-order valence-corrected chi connectivity index (χ2v) is 13.1. The molecule has 8 nitrogen and oxygen atoms in total. The number of benzene rings is 1. The van der Waals surface area contributed by atoms with Crippen molar-refractivity contribution in [2.45, 2.75) is 65.1 Å². The van der Waals surface area contributed by atoms with Gasteiger partial charge in [-0.1, -0.05) is 49.8 Å². The van der Waals surface area contributed by atoms with Crippen LogP contribution in [0.4, 0.5) is 0 Å². The second-order valence-electron chi connectivity index (χ2n) is 13.1. The van der Waals surface area contributed by atoms with E-state index in [0.29, 0.717) is 18.4 Å². The minimum absolute atomic E-state index is 0.00358. The third-order valence-corrected chi connectivity index (χ3v) is 11.4. The molecule has 8 heteroatoms. The lowest BCUT2D eigenvalue weighted by molar-refractivity contribution is -0.181. The van der Waals surface area contributed by atoms with E-state index in [4.69, 9.17) is 18.6 Å². The maximum Gasteiger partial charge on any atom is 0.315 e. The van der Waals surface area contributed by atoms with Crippen molar-refractivity contribution < 1.29 is 37.8 Å². The minimum atomic E-state index is -1.05. The molecule has 4 aliphatic rings. The molecule has 0 radical (unpaired) electrons. The molecule has 1 saturated heterocycles. The zero-order valence-corrected chi connectivity index (χ0v) is 25.5. The van der Waals surface area contributed by atoms with Crippen LogP contribution in [0.2, 0.25) is 0 Å². The van der Waals surface area contributed by atoms with Gasteiger partial charge in [-0.05, 0) is 56.2 Å². The number of methoxy groups -OCH3 is 2. The first-order valence-corrected chi connectivity index (χ1v) is 14.8. The van der Waals surface area contributed by atoms with Gasteiger partial charge in [0, 0.05) is 33.4 Å². The number of fused-ring (bicyclic) bond motifs is 4. The number of ketones is 1. The van der Waals surface area contributed by atoms with Crippen LogP contribution in [0.5, 0.6) is 0 Å². The molecule has 0 amide bonds. The quantitative estimate of drug-likeness (QED) is 0.235. The Morgan fingerprint density at radius 1 is 1.02 bits per heavy atom. The maximum absolute atomic E-state index is 13.9. The number of allylic oxidation sites excluding steroid dienone is 2. The molecule has 1 aliphatic heterocycles. The summed E-state index contributed by atoms with van der Waals surface area (Å²) in [5, 5.41) is 0. The van der Waals surface area contributed by atoms with Crippen LogP contribution in [0.3, 0.4) is 0 Å². The lowest BCUT2D eigenvalue weighted by Crippen LogP contribution is -2.63. The summed E-state index contributed by atoms with van der Waals surface area (Å²) < 4.78 is 23.3. The topological polar surface area (TPSA) is 109 Å². The van der Waals surface area contributed by atoms with E-state index in [9.17, 15) is 19.2 Å². The van der Waals surface area contributed by atoms with Gasteiger partial charge in [0.1, 0.15) is 12.0 Å². The fourth-order valence-corrected chi connectivity index (χ4v) is 9.16. The van der Waals surface area contributed by atoms with Gasteiger partial charge < -0.3 is 18.6 Å². The second kappa shape index (κ2) is 10.2. The highest BCUT2D eigenvalue weighted by Gasteiger charge is 2.71. The summed E-state index contributed by atoms with van der Waals surface area (Å²) in [4.78, 5) is 51.4. The monoisotopic (exact) mass is 586 g/mol. The van der Waals surface area contributed by atoms with E-state index in [-0.39, 0.29) is 30.3 Å². The molecule has 2 fully saturated rings. The third kappa shape index (κ3) is 3.98. The predicted octanol–water partition coefficient (Wildman–Crippen LogP) is 5.86. The Balaban J connectivity index is 1.47. The highest BCUT2D eigenvalue weighted by Crippen LogP contribution is 2.70. The molecule has 226 valence electrons. The zero-order valence-electron chi connectivity index (χ0n) is 25.5. The fourth-order valence-electron chi connectivity index (χ4n) is 9.16. The van der Waals surface area contributed by atoms with E-state index in [1.807, 2.05) is 32.0 Å². The number of rotatable bonds is 6. The number of hydrogen-bond acceptors (Lipinski definition) is 8. The van der Waals surface area contributed by atoms with Crippen molar-refractivity contribution in [1.82, 2.24) is 0 Å². The van der Waals surface area contributed by atoms with Gasteiger partial charge in [-0.2, -0.15) is 0 Å². The number of furan rings is 1. The summed E-state index contributed by atoms with van der Waals surface area (Å²) >= 11 is 0. The molecule has 6 rings (SSSR count). The first-order valence-electron chi connectivity index (χ1n) is 14.8. The van der Waals surface area contributed by atoms with Crippen molar-refractivity contribution in [3.8, 4) is 11.3 Å². The van der Waals surface area contributed by atoms with Gasteiger partial charge in [0.25, 0.3) is 0 Å². The number of esters is 2. The third-order valence-electron chi connectivity index (χ3n) is 11.4. The van der Waals surface area contributed by atoms with Gasteiger partial charge in [0.2, 0.25) is 0 Å². The van der Waals surface area contributed by atoms with Crippen molar-refractivity contribution in [2.24, 2.45) is 28.1 Å². The molecule has 2 aromatic rings. The Labute approximate surface area is 251 Å². The predicted molar refractivity (Wildman–Crippen MR) is 157 cm³/mol. The number of carbonyl (C=O) groups is 4. The van der Waals surface area contributed by atoms with Crippen molar-refractivity contribution >= 4 is 24.0 Å². The van der Waals surface area contributed by atoms with Gasteiger partial charge in [0.05, 0.1) is 44.5 Å². The Bertz CT molecular complexity index is 1560. The minimum Gasteiger partial charge on any atom is -0.469 e. The summed E-state index contributed by atoms with van der Waals surface area (Å²) in [5.74, 6) is -1.07. The van der Waals surface area contributed by atoms with Crippen molar-refractivity contribution in [3.05, 3.63) is 71.0 Å². The lowest BCUT2D eigenvalue weighted by Gasteiger charge is -2.60. The molecule has 43 heavy (non-hydrogen) atoms. The largest absolute Gasteiger partial charge is 0.469 e. The van der Waals surface area contributed by atoms with E-state index in [2.05, 4.69) is 13.8 Å². The van der Waals surface area contributed by atoms with Crippen LogP contribution in [0.15, 0.2) is 64.3 Å². The van der Waals surface area contributed by atoms with E-state index in [1.165, 1.54) is 20.3 Å².